The fourth-order valence-electron chi connectivity index (χ4n) is 1.30. The second-order valence-corrected chi connectivity index (χ2v) is 4.84. The summed E-state index contributed by atoms with van der Waals surface area (Å²) in [6.45, 7) is 0. The molecule has 0 unspecified atom stereocenters. The first-order chi connectivity index (χ1) is 7.61. The van der Waals surface area contributed by atoms with Crippen LogP contribution in [0.2, 0.25) is 10.0 Å². The lowest BCUT2D eigenvalue weighted by atomic mass is 10.1. The van der Waals surface area contributed by atoms with Gasteiger partial charge >= 0.3 is 0 Å². The van der Waals surface area contributed by atoms with Crippen LogP contribution in [0.3, 0.4) is 0 Å². The topological polar surface area (TPSA) is 43.1 Å². The summed E-state index contributed by atoms with van der Waals surface area (Å²) in [6.07, 6.45) is 0. The third-order valence-electron chi connectivity index (χ3n) is 2.10. The van der Waals surface area contributed by atoms with Gasteiger partial charge < -0.3 is 5.73 Å². The summed E-state index contributed by atoms with van der Waals surface area (Å²) >= 11 is 13.2. The van der Waals surface area contributed by atoms with Crippen LogP contribution < -0.4 is 5.73 Å². The molecule has 0 bridgehead atoms. The van der Waals surface area contributed by atoms with Crippen LogP contribution in [0.5, 0.6) is 0 Å². The van der Waals surface area contributed by atoms with Crippen molar-refractivity contribution < 1.29 is 4.79 Å². The van der Waals surface area contributed by atoms with Crippen molar-refractivity contribution in [3.8, 4) is 0 Å². The molecule has 0 aliphatic rings. The number of carbonyl (C=O) groups is 1. The molecule has 1 aromatic heterocycles. The van der Waals surface area contributed by atoms with E-state index in [-0.39, 0.29) is 10.8 Å². The number of nitrogens with two attached hydrogens (primary N) is 1. The summed E-state index contributed by atoms with van der Waals surface area (Å²) in [5.74, 6) is -0.197. The standard InChI is InChI=1S/C11H7Cl2NOS/c12-7-4-5-16-11(7)10(15)6-2-1-3-8(14)9(6)13/h1-5H,14H2. The van der Waals surface area contributed by atoms with E-state index in [1.165, 1.54) is 11.3 Å². The van der Waals surface area contributed by atoms with Gasteiger partial charge in [0.25, 0.3) is 0 Å². The molecule has 0 aliphatic carbocycles. The van der Waals surface area contributed by atoms with Gasteiger partial charge in [-0.25, -0.2) is 0 Å². The van der Waals surface area contributed by atoms with E-state index in [0.717, 1.165) is 0 Å². The molecule has 16 heavy (non-hydrogen) atoms. The van der Waals surface area contributed by atoms with E-state index in [0.29, 0.717) is 21.2 Å². The largest absolute Gasteiger partial charge is 0.398 e. The molecule has 0 saturated heterocycles. The molecule has 0 fully saturated rings. The number of anilines is 1. The van der Waals surface area contributed by atoms with Crippen molar-refractivity contribution in [3.63, 3.8) is 0 Å². The zero-order valence-electron chi connectivity index (χ0n) is 8.04. The van der Waals surface area contributed by atoms with E-state index < -0.39 is 0 Å². The van der Waals surface area contributed by atoms with Gasteiger partial charge in [-0.3, -0.25) is 4.79 Å². The van der Waals surface area contributed by atoms with Crippen molar-refractivity contribution >= 4 is 46.0 Å². The Kier molecular flexibility index (Phi) is 3.19. The van der Waals surface area contributed by atoms with Gasteiger partial charge in [-0.2, -0.15) is 0 Å². The molecule has 0 aliphatic heterocycles. The van der Waals surface area contributed by atoms with Gasteiger partial charge in [0.1, 0.15) is 0 Å². The van der Waals surface area contributed by atoms with Crippen molar-refractivity contribution in [2.75, 3.05) is 5.73 Å². The Morgan fingerprint density at radius 2 is 2.00 bits per heavy atom. The molecule has 2 N–H and O–H groups in total. The van der Waals surface area contributed by atoms with Gasteiger partial charge in [0.05, 0.1) is 20.6 Å². The molecule has 2 aromatic rings. The number of carbonyl (C=O) groups excluding carboxylic acids is 1. The van der Waals surface area contributed by atoms with Crippen LogP contribution in [-0.4, -0.2) is 5.78 Å². The Balaban J connectivity index is 2.50. The molecule has 0 spiro atoms. The van der Waals surface area contributed by atoms with Crippen LogP contribution in [0.25, 0.3) is 0 Å². The van der Waals surface area contributed by atoms with E-state index in [4.69, 9.17) is 28.9 Å². The highest BCUT2D eigenvalue weighted by Crippen LogP contribution is 2.30. The number of rotatable bonds is 2. The smallest absolute Gasteiger partial charge is 0.206 e. The Morgan fingerprint density at radius 1 is 1.25 bits per heavy atom. The summed E-state index contributed by atoms with van der Waals surface area (Å²) in [7, 11) is 0. The first kappa shape index (κ1) is 11.5. The highest BCUT2D eigenvalue weighted by atomic mass is 35.5. The van der Waals surface area contributed by atoms with Gasteiger partial charge in [0.15, 0.2) is 0 Å². The van der Waals surface area contributed by atoms with Crippen LogP contribution in [0, 0.1) is 0 Å². The Hall–Kier alpha value is -1.03. The molecule has 1 heterocycles. The van der Waals surface area contributed by atoms with Crippen LogP contribution in [0.4, 0.5) is 5.69 Å². The zero-order valence-corrected chi connectivity index (χ0v) is 10.4. The predicted molar refractivity (Wildman–Crippen MR) is 68.6 cm³/mol. The van der Waals surface area contributed by atoms with Crippen LogP contribution in [0.1, 0.15) is 15.2 Å². The fourth-order valence-corrected chi connectivity index (χ4v) is 2.61. The minimum absolute atomic E-state index is 0.197. The number of thiophene rings is 1. The van der Waals surface area contributed by atoms with E-state index in [2.05, 4.69) is 0 Å². The van der Waals surface area contributed by atoms with Crippen molar-refractivity contribution in [2.45, 2.75) is 0 Å². The highest BCUT2D eigenvalue weighted by Gasteiger charge is 2.17. The summed E-state index contributed by atoms with van der Waals surface area (Å²) in [5.41, 5.74) is 6.41. The maximum atomic E-state index is 12.1. The molecular formula is C11H7Cl2NOS. The molecule has 2 nitrogen and oxygen atoms in total. The summed E-state index contributed by atoms with van der Waals surface area (Å²) in [6, 6.07) is 6.65. The SMILES string of the molecule is Nc1cccc(C(=O)c2sccc2Cl)c1Cl. The molecule has 0 atom stereocenters. The second-order valence-electron chi connectivity index (χ2n) is 3.14. The number of benzene rings is 1. The van der Waals surface area contributed by atoms with Gasteiger partial charge in [0, 0.05) is 5.56 Å². The molecule has 1 aromatic carbocycles. The Bertz CT molecular complexity index is 551. The zero-order chi connectivity index (χ0) is 11.7. The normalized spacial score (nSPS) is 10.4. The Labute approximate surface area is 107 Å². The lowest BCUT2D eigenvalue weighted by molar-refractivity contribution is 0.104. The lowest BCUT2D eigenvalue weighted by Gasteiger charge is -2.04. The van der Waals surface area contributed by atoms with Gasteiger partial charge in [-0.05, 0) is 23.6 Å². The van der Waals surface area contributed by atoms with Crippen LogP contribution in [-0.2, 0) is 0 Å². The van der Waals surface area contributed by atoms with E-state index >= 15 is 0 Å². The fraction of sp³-hybridized carbons (Fsp3) is 0. The van der Waals surface area contributed by atoms with Crippen molar-refractivity contribution in [1.82, 2.24) is 0 Å². The van der Waals surface area contributed by atoms with Crippen molar-refractivity contribution in [3.05, 3.63) is 50.1 Å². The highest BCUT2D eigenvalue weighted by molar-refractivity contribution is 7.13. The maximum absolute atomic E-state index is 12.1. The van der Waals surface area contributed by atoms with Gasteiger partial charge in [0.2, 0.25) is 5.78 Å². The lowest BCUT2D eigenvalue weighted by Crippen LogP contribution is -2.02. The maximum Gasteiger partial charge on any atom is 0.206 e. The minimum atomic E-state index is -0.197. The number of hydrogen-bond acceptors (Lipinski definition) is 3. The number of ketones is 1. The molecule has 2 rings (SSSR count). The molecule has 0 amide bonds. The third-order valence-corrected chi connectivity index (χ3v) is 3.86. The predicted octanol–water partition coefficient (Wildman–Crippen LogP) is 3.87. The summed E-state index contributed by atoms with van der Waals surface area (Å²) in [4.78, 5) is 12.6. The monoisotopic (exact) mass is 271 g/mol. The quantitative estimate of drug-likeness (QED) is 0.666. The molecule has 0 radical (unpaired) electrons. The summed E-state index contributed by atoms with van der Waals surface area (Å²) in [5, 5.41) is 2.47. The summed E-state index contributed by atoms with van der Waals surface area (Å²) < 4.78 is 0. The van der Waals surface area contributed by atoms with E-state index in [1.807, 2.05) is 0 Å². The van der Waals surface area contributed by atoms with Crippen LogP contribution in [0.15, 0.2) is 29.6 Å². The first-order valence-corrected chi connectivity index (χ1v) is 6.06. The van der Waals surface area contributed by atoms with Crippen LogP contribution >= 0.6 is 34.5 Å². The van der Waals surface area contributed by atoms with Gasteiger partial charge in [-0.15, -0.1) is 11.3 Å². The molecule has 82 valence electrons. The van der Waals surface area contributed by atoms with Crippen molar-refractivity contribution in [1.29, 1.82) is 0 Å². The van der Waals surface area contributed by atoms with E-state index in [1.54, 1.807) is 29.6 Å². The number of halogens is 2. The number of nitrogen functional groups attached to an aromatic ring is 1. The first-order valence-electron chi connectivity index (χ1n) is 4.43. The molecule has 0 saturated carbocycles. The van der Waals surface area contributed by atoms with Crippen molar-refractivity contribution in [2.24, 2.45) is 0 Å². The minimum Gasteiger partial charge on any atom is -0.398 e. The molecular weight excluding hydrogens is 265 g/mol. The van der Waals surface area contributed by atoms with Gasteiger partial charge in [-0.1, -0.05) is 29.3 Å². The molecule has 5 heteroatoms. The Morgan fingerprint density at radius 3 is 2.62 bits per heavy atom. The second kappa shape index (κ2) is 4.45. The third kappa shape index (κ3) is 1.94. The average molecular weight is 272 g/mol. The van der Waals surface area contributed by atoms with E-state index in [9.17, 15) is 4.79 Å². The number of hydrogen-bond donors (Lipinski definition) is 1. The average Bonchev–Trinajstić information content (AvgIpc) is 2.68.